The lowest BCUT2D eigenvalue weighted by molar-refractivity contribution is 0.388. The molecule has 0 N–H and O–H groups in total. The highest BCUT2D eigenvalue weighted by atomic mass is 31.2. The van der Waals surface area contributed by atoms with E-state index in [9.17, 15) is 0 Å². The van der Waals surface area contributed by atoms with Crippen molar-refractivity contribution >= 4 is 8.60 Å². The van der Waals surface area contributed by atoms with Gasteiger partial charge in [0.1, 0.15) is 17.2 Å². The third-order valence-corrected chi connectivity index (χ3v) is 10.6. The summed E-state index contributed by atoms with van der Waals surface area (Å²) >= 11 is 0. The second-order valence-corrected chi connectivity index (χ2v) is 14.0. The Balaban J connectivity index is 1.76. The largest absolute Gasteiger partial charge is 0.530 e. The van der Waals surface area contributed by atoms with E-state index in [0.717, 1.165) is 36.5 Å². The molecule has 0 spiro atoms. The molecule has 0 heterocycles. The second kappa shape index (κ2) is 22.1. The van der Waals surface area contributed by atoms with Crippen LogP contribution in [0.1, 0.15) is 172 Å². The van der Waals surface area contributed by atoms with Gasteiger partial charge in [0, 0.05) is 0 Å². The summed E-state index contributed by atoms with van der Waals surface area (Å²) in [4.78, 5) is 0. The number of rotatable bonds is 24. The van der Waals surface area contributed by atoms with Crippen LogP contribution < -0.4 is 13.6 Å². The normalized spacial score (nSPS) is 14.0. The van der Waals surface area contributed by atoms with Gasteiger partial charge in [0.15, 0.2) is 0 Å². The summed E-state index contributed by atoms with van der Waals surface area (Å²) in [6.07, 6.45) is 18.7. The van der Waals surface area contributed by atoms with E-state index >= 15 is 0 Å². The molecule has 4 heteroatoms. The molecule has 3 unspecified atom stereocenters. The first kappa shape index (κ1) is 37.9. The Hall–Kier alpha value is -2.51. The van der Waals surface area contributed by atoms with Crippen molar-refractivity contribution < 1.29 is 13.6 Å². The van der Waals surface area contributed by atoms with E-state index in [1.165, 1.54) is 93.7 Å². The molecule has 3 atom stereocenters. The first-order valence-electron chi connectivity index (χ1n) is 18.7. The molecular weight excluding hydrogens is 583 g/mol. The van der Waals surface area contributed by atoms with Crippen molar-refractivity contribution in [1.29, 1.82) is 0 Å². The molecule has 3 aromatic carbocycles. The van der Waals surface area contributed by atoms with Crippen molar-refractivity contribution in [1.82, 2.24) is 0 Å². The summed E-state index contributed by atoms with van der Waals surface area (Å²) in [6, 6.07) is 25.8. The number of hydrogen-bond acceptors (Lipinski definition) is 3. The highest BCUT2D eigenvalue weighted by Gasteiger charge is 2.21. The van der Waals surface area contributed by atoms with Crippen LogP contribution in [0.15, 0.2) is 72.8 Å². The van der Waals surface area contributed by atoms with Crippen molar-refractivity contribution in [2.75, 3.05) is 0 Å². The molecule has 254 valence electrons. The minimum Gasteiger partial charge on any atom is -0.409 e. The molecule has 0 aliphatic heterocycles. The number of unbranched alkanes of at least 4 members (excludes halogenated alkanes) is 6. The molecule has 0 saturated heterocycles. The number of hydrogen-bond donors (Lipinski definition) is 0. The standard InChI is InChI=1S/C42H63O3P/c1-7-13-16-19-34(10-4)37-22-28-40(29-23-37)43-46(44-41-30-24-38(25-31-41)35(11-5)20-17-14-8-2)45-42-32-26-39(27-33-42)36(12-6)21-18-15-9-3/h22-36H,7-21H2,1-6H3. The predicted molar refractivity (Wildman–Crippen MR) is 200 cm³/mol. The zero-order valence-electron chi connectivity index (χ0n) is 29.9. The highest BCUT2D eigenvalue weighted by molar-refractivity contribution is 7.43. The second-order valence-electron chi connectivity index (χ2n) is 13.0. The van der Waals surface area contributed by atoms with E-state index in [4.69, 9.17) is 13.6 Å². The smallest absolute Gasteiger partial charge is 0.409 e. The van der Waals surface area contributed by atoms with E-state index in [1.807, 2.05) is 0 Å². The fraction of sp³-hybridized carbons (Fsp3) is 0.571. The van der Waals surface area contributed by atoms with Crippen molar-refractivity contribution in [3.05, 3.63) is 89.5 Å². The van der Waals surface area contributed by atoms with Crippen LogP contribution in [0.2, 0.25) is 0 Å². The quantitative estimate of drug-likeness (QED) is 0.0716. The van der Waals surface area contributed by atoms with Crippen LogP contribution in [0.25, 0.3) is 0 Å². The van der Waals surface area contributed by atoms with Gasteiger partial charge in [-0.3, -0.25) is 0 Å². The van der Waals surface area contributed by atoms with Gasteiger partial charge in [-0.25, -0.2) is 0 Å². The monoisotopic (exact) mass is 646 g/mol. The van der Waals surface area contributed by atoms with E-state index in [0.29, 0.717) is 17.8 Å². The van der Waals surface area contributed by atoms with Gasteiger partial charge in [0.05, 0.1) is 0 Å². The van der Waals surface area contributed by atoms with Gasteiger partial charge in [-0.2, -0.15) is 0 Å². The molecule has 3 aromatic rings. The van der Waals surface area contributed by atoms with Crippen LogP contribution in [0.4, 0.5) is 0 Å². The van der Waals surface area contributed by atoms with Gasteiger partial charge in [-0.15, -0.1) is 0 Å². The van der Waals surface area contributed by atoms with Gasteiger partial charge in [0.25, 0.3) is 0 Å². The first-order chi connectivity index (χ1) is 22.5. The molecule has 3 rings (SSSR count). The Morgan fingerprint density at radius 3 is 0.870 bits per heavy atom. The van der Waals surface area contributed by atoms with Gasteiger partial charge in [-0.1, -0.05) is 136 Å². The average molecular weight is 647 g/mol. The summed E-state index contributed by atoms with van der Waals surface area (Å²) in [5.41, 5.74) is 4.16. The fourth-order valence-electron chi connectivity index (χ4n) is 6.46. The van der Waals surface area contributed by atoms with Crippen LogP contribution >= 0.6 is 8.60 Å². The molecule has 0 radical (unpaired) electrons. The Morgan fingerprint density at radius 2 is 0.652 bits per heavy atom. The maximum absolute atomic E-state index is 6.44. The Bertz CT molecular complexity index is 1020. The Labute approximate surface area is 283 Å². The minimum atomic E-state index is -1.71. The van der Waals surface area contributed by atoms with E-state index in [1.54, 1.807) is 0 Å². The van der Waals surface area contributed by atoms with E-state index in [2.05, 4.69) is 114 Å². The zero-order chi connectivity index (χ0) is 33.0. The SMILES string of the molecule is CCCCCC(CC)c1ccc(OP(Oc2ccc(C(CC)CCCCC)cc2)Oc2ccc(C(CC)CCCCC)cc2)cc1. The first-order valence-corrected chi connectivity index (χ1v) is 19.8. The zero-order valence-corrected chi connectivity index (χ0v) is 30.8. The molecule has 0 bridgehead atoms. The minimum absolute atomic E-state index is 0.592. The predicted octanol–water partition coefficient (Wildman–Crippen LogP) is 14.7. The third kappa shape index (κ3) is 12.9. The Kier molecular flexibility index (Phi) is 18.3. The maximum atomic E-state index is 6.44. The Morgan fingerprint density at radius 1 is 0.391 bits per heavy atom. The molecular formula is C42H63O3P. The van der Waals surface area contributed by atoms with Gasteiger partial charge in [-0.05, 0) is 109 Å². The molecule has 0 aliphatic rings. The van der Waals surface area contributed by atoms with Gasteiger partial charge >= 0.3 is 8.60 Å². The summed E-state index contributed by atoms with van der Waals surface area (Å²) in [6.45, 7) is 13.7. The molecule has 0 fully saturated rings. The van der Waals surface area contributed by atoms with Crippen LogP contribution in [0.3, 0.4) is 0 Å². The lowest BCUT2D eigenvalue weighted by Crippen LogP contribution is -2.04. The summed E-state index contributed by atoms with van der Waals surface area (Å²) < 4.78 is 19.3. The van der Waals surface area contributed by atoms with Crippen molar-refractivity contribution in [2.24, 2.45) is 0 Å². The van der Waals surface area contributed by atoms with Crippen LogP contribution in [0, 0.1) is 0 Å². The summed E-state index contributed by atoms with van der Waals surface area (Å²) in [5, 5.41) is 0. The van der Waals surface area contributed by atoms with Crippen molar-refractivity contribution in [3.8, 4) is 17.2 Å². The van der Waals surface area contributed by atoms with Crippen molar-refractivity contribution in [2.45, 2.75) is 156 Å². The van der Waals surface area contributed by atoms with Gasteiger partial charge in [0.2, 0.25) is 0 Å². The molecule has 0 aromatic heterocycles. The van der Waals surface area contributed by atoms with Crippen molar-refractivity contribution in [3.63, 3.8) is 0 Å². The van der Waals surface area contributed by atoms with E-state index in [-0.39, 0.29) is 0 Å². The van der Waals surface area contributed by atoms with Gasteiger partial charge < -0.3 is 13.6 Å². The lowest BCUT2D eigenvalue weighted by atomic mass is 9.91. The highest BCUT2D eigenvalue weighted by Crippen LogP contribution is 2.43. The fourth-order valence-corrected chi connectivity index (χ4v) is 7.45. The van der Waals surface area contributed by atoms with Crippen LogP contribution in [-0.2, 0) is 0 Å². The number of benzene rings is 3. The molecule has 3 nitrogen and oxygen atoms in total. The molecule has 46 heavy (non-hydrogen) atoms. The third-order valence-electron chi connectivity index (χ3n) is 9.54. The molecule has 0 aliphatic carbocycles. The van der Waals surface area contributed by atoms with Crippen LogP contribution in [0.5, 0.6) is 17.2 Å². The average Bonchev–Trinajstić information content (AvgIpc) is 3.08. The maximum Gasteiger partial charge on any atom is 0.530 e. The summed E-state index contributed by atoms with van der Waals surface area (Å²) in [7, 11) is -1.71. The topological polar surface area (TPSA) is 27.7 Å². The summed E-state index contributed by atoms with van der Waals surface area (Å²) in [5.74, 6) is 4.10. The lowest BCUT2D eigenvalue weighted by Gasteiger charge is -2.20. The van der Waals surface area contributed by atoms with E-state index < -0.39 is 8.60 Å². The van der Waals surface area contributed by atoms with Crippen LogP contribution in [-0.4, -0.2) is 0 Å². The molecule has 0 amide bonds. The molecule has 0 saturated carbocycles.